The van der Waals surface area contributed by atoms with Crippen LogP contribution in [0.25, 0.3) is 0 Å². The topological polar surface area (TPSA) is 49.2 Å². The first-order valence-corrected chi connectivity index (χ1v) is 8.63. The summed E-state index contributed by atoms with van der Waals surface area (Å²) < 4.78 is 0.816. The molecule has 1 saturated carbocycles. The summed E-state index contributed by atoms with van der Waals surface area (Å²) in [4.78, 5) is 11.5. The van der Waals surface area contributed by atoms with Crippen molar-refractivity contribution in [1.29, 1.82) is 0 Å². The average Bonchev–Trinajstić information content (AvgIpc) is 2.44. The van der Waals surface area contributed by atoms with E-state index in [1.165, 1.54) is 32.1 Å². The second-order valence-corrected chi connectivity index (χ2v) is 7.64. The van der Waals surface area contributed by atoms with Gasteiger partial charge >= 0.3 is 0 Å². The summed E-state index contributed by atoms with van der Waals surface area (Å²) in [6.07, 6.45) is 6.24. The van der Waals surface area contributed by atoms with Crippen LogP contribution in [0.15, 0.2) is 10.7 Å². The van der Waals surface area contributed by atoms with Crippen LogP contribution in [-0.4, -0.2) is 34.3 Å². The Balaban J connectivity index is 2.32. The van der Waals surface area contributed by atoms with Crippen molar-refractivity contribution in [1.82, 2.24) is 9.97 Å². The van der Waals surface area contributed by atoms with Crippen LogP contribution in [0.1, 0.15) is 58.7 Å². The van der Waals surface area contributed by atoms with Crippen molar-refractivity contribution in [3.63, 3.8) is 0 Å². The molecule has 2 rings (SSSR count). The average molecular weight is 356 g/mol. The molecule has 1 aliphatic carbocycles. The quantitative estimate of drug-likeness (QED) is 0.837. The first-order valence-electron chi connectivity index (χ1n) is 7.84. The van der Waals surface area contributed by atoms with Crippen molar-refractivity contribution in [2.24, 2.45) is 0 Å². The van der Waals surface area contributed by atoms with Gasteiger partial charge in [-0.2, -0.15) is 0 Å². The molecule has 1 aromatic rings. The lowest BCUT2D eigenvalue weighted by Crippen LogP contribution is -2.39. The Labute approximate surface area is 136 Å². The fraction of sp³-hybridized carbons (Fsp3) is 0.750. The highest BCUT2D eigenvalue weighted by molar-refractivity contribution is 9.10. The van der Waals surface area contributed by atoms with E-state index in [-0.39, 0.29) is 12.0 Å². The zero-order valence-electron chi connectivity index (χ0n) is 13.3. The number of hydrogen-bond donors (Lipinski definition) is 1. The molecule has 0 aliphatic heterocycles. The minimum atomic E-state index is -0.0873. The van der Waals surface area contributed by atoms with Crippen molar-refractivity contribution in [2.45, 2.75) is 64.3 Å². The van der Waals surface area contributed by atoms with E-state index >= 15 is 0 Å². The van der Waals surface area contributed by atoms with Gasteiger partial charge in [0.2, 0.25) is 0 Å². The van der Waals surface area contributed by atoms with Crippen molar-refractivity contribution in [2.75, 3.05) is 18.1 Å². The molecule has 1 aliphatic rings. The number of nitrogens with zero attached hydrogens (tertiary/aromatic N) is 3. The lowest BCUT2D eigenvalue weighted by molar-refractivity contribution is 0.289. The number of rotatable bonds is 4. The molecular weight excluding hydrogens is 330 g/mol. The molecule has 1 N–H and O–H groups in total. The first kappa shape index (κ1) is 16.7. The van der Waals surface area contributed by atoms with Gasteiger partial charge in [0.25, 0.3) is 0 Å². The lowest BCUT2D eigenvalue weighted by Gasteiger charge is -2.35. The molecule has 1 fully saturated rings. The molecule has 118 valence electrons. The van der Waals surface area contributed by atoms with Gasteiger partial charge in [-0.05, 0) is 28.8 Å². The Morgan fingerprint density at radius 1 is 1.24 bits per heavy atom. The molecule has 4 nitrogen and oxygen atoms in total. The maximum absolute atomic E-state index is 9.43. The highest BCUT2D eigenvalue weighted by Gasteiger charge is 2.25. The minimum absolute atomic E-state index is 0.0873. The van der Waals surface area contributed by atoms with Gasteiger partial charge in [-0.15, -0.1) is 0 Å². The predicted octanol–water partition coefficient (Wildman–Crippen LogP) is 3.67. The van der Waals surface area contributed by atoms with Crippen molar-refractivity contribution < 1.29 is 5.11 Å². The molecule has 0 spiro atoms. The Bertz CT molecular complexity index is 467. The van der Waals surface area contributed by atoms with Crippen molar-refractivity contribution in [3.05, 3.63) is 16.5 Å². The van der Waals surface area contributed by atoms with Crippen LogP contribution in [0, 0.1) is 0 Å². The summed E-state index contributed by atoms with van der Waals surface area (Å²) >= 11 is 3.51. The molecule has 0 saturated heterocycles. The molecule has 0 bridgehead atoms. The Morgan fingerprint density at radius 2 is 1.90 bits per heavy atom. The summed E-state index contributed by atoms with van der Waals surface area (Å²) in [5.41, 5.74) is -0.0873. The molecule has 1 aromatic heterocycles. The first-order chi connectivity index (χ1) is 9.91. The van der Waals surface area contributed by atoms with E-state index in [4.69, 9.17) is 4.98 Å². The van der Waals surface area contributed by atoms with E-state index in [1.807, 2.05) is 6.07 Å². The Hall–Kier alpha value is -0.680. The summed E-state index contributed by atoms with van der Waals surface area (Å²) in [6, 6.07) is 2.46. The molecule has 0 radical (unpaired) electrons. The fourth-order valence-electron chi connectivity index (χ4n) is 2.87. The fourth-order valence-corrected chi connectivity index (χ4v) is 3.25. The van der Waals surface area contributed by atoms with Gasteiger partial charge in [0.15, 0.2) is 0 Å². The Morgan fingerprint density at radius 3 is 2.48 bits per heavy atom. The normalized spacial score (nSPS) is 17.0. The second kappa shape index (κ2) is 7.05. The van der Waals surface area contributed by atoms with Crippen LogP contribution >= 0.6 is 15.9 Å². The molecule has 0 aromatic carbocycles. The summed E-state index contributed by atoms with van der Waals surface area (Å²) in [6.45, 7) is 7.15. The van der Waals surface area contributed by atoms with Crippen LogP contribution in [-0.2, 0) is 5.41 Å². The summed E-state index contributed by atoms with van der Waals surface area (Å²) in [5, 5.41) is 9.43. The van der Waals surface area contributed by atoms with Gasteiger partial charge in [-0.25, -0.2) is 9.97 Å². The zero-order chi connectivity index (χ0) is 15.5. The molecule has 5 heteroatoms. The number of anilines is 1. The van der Waals surface area contributed by atoms with Crippen LogP contribution in [0.2, 0.25) is 0 Å². The summed E-state index contributed by atoms with van der Waals surface area (Å²) in [7, 11) is 0. The van der Waals surface area contributed by atoms with Gasteiger partial charge in [-0.1, -0.05) is 40.0 Å². The van der Waals surface area contributed by atoms with E-state index in [1.54, 1.807) is 0 Å². The molecule has 1 heterocycles. The van der Waals surface area contributed by atoms with Crippen LogP contribution in [0.3, 0.4) is 0 Å². The van der Waals surface area contributed by atoms with Gasteiger partial charge < -0.3 is 10.0 Å². The third kappa shape index (κ3) is 4.39. The number of hydrogen-bond acceptors (Lipinski definition) is 4. The third-order valence-corrected chi connectivity index (χ3v) is 4.41. The van der Waals surface area contributed by atoms with Crippen molar-refractivity contribution >= 4 is 21.7 Å². The predicted molar refractivity (Wildman–Crippen MR) is 89.7 cm³/mol. The highest BCUT2D eigenvalue weighted by Crippen LogP contribution is 2.29. The van der Waals surface area contributed by atoms with Gasteiger partial charge in [-0.3, -0.25) is 0 Å². The smallest absolute Gasteiger partial charge is 0.137 e. The maximum atomic E-state index is 9.43. The van der Waals surface area contributed by atoms with Crippen LogP contribution < -0.4 is 4.90 Å². The Kier molecular flexibility index (Phi) is 5.60. The van der Waals surface area contributed by atoms with Crippen LogP contribution in [0.4, 0.5) is 5.82 Å². The molecule has 21 heavy (non-hydrogen) atoms. The minimum Gasteiger partial charge on any atom is -0.395 e. The van der Waals surface area contributed by atoms with Crippen LogP contribution in [0.5, 0.6) is 0 Å². The summed E-state index contributed by atoms with van der Waals surface area (Å²) in [5.74, 6) is 1.77. The van der Waals surface area contributed by atoms with E-state index in [0.29, 0.717) is 12.6 Å². The second-order valence-electron chi connectivity index (χ2n) is 6.83. The number of aliphatic hydroxyl groups excluding tert-OH is 1. The van der Waals surface area contributed by atoms with E-state index in [9.17, 15) is 5.11 Å². The maximum Gasteiger partial charge on any atom is 0.137 e. The monoisotopic (exact) mass is 355 g/mol. The molecule has 0 unspecified atom stereocenters. The highest BCUT2D eigenvalue weighted by atomic mass is 79.9. The number of aliphatic hydroxyl groups is 1. The standard InChI is InChI=1S/C16H26BrN3O/c1-16(2,3)15-18-13(17)11-14(19-15)20(9-10-21)12-7-5-4-6-8-12/h11-12,21H,4-10H2,1-3H3. The SMILES string of the molecule is CC(C)(C)c1nc(Br)cc(N(CCO)C2CCCCC2)n1. The van der Waals surface area contributed by atoms with Gasteiger partial charge in [0.1, 0.15) is 16.2 Å². The lowest BCUT2D eigenvalue weighted by atomic mass is 9.94. The zero-order valence-corrected chi connectivity index (χ0v) is 14.9. The molecule has 0 atom stereocenters. The van der Waals surface area contributed by atoms with Gasteiger partial charge in [0, 0.05) is 24.1 Å². The number of halogens is 1. The van der Waals surface area contributed by atoms with E-state index < -0.39 is 0 Å². The molecular formula is C16H26BrN3O. The van der Waals surface area contributed by atoms with E-state index in [0.717, 1.165) is 16.2 Å². The largest absolute Gasteiger partial charge is 0.395 e. The third-order valence-electron chi connectivity index (χ3n) is 4.00. The van der Waals surface area contributed by atoms with Gasteiger partial charge in [0.05, 0.1) is 6.61 Å². The van der Waals surface area contributed by atoms with Crippen molar-refractivity contribution in [3.8, 4) is 0 Å². The number of aromatic nitrogens is 2. The molecule has 0 amide bonds. The van der Waals surface area contributed by atoms with E-state index in [2.05, 4.69) is 46.6 Å².